The molecule has 0 bridgehead atoms. The van der Waals surface area contributed by atoms with E-state index in [0.29, 0.717) is 31.3 Å². The van der Waals surface area contributed by atoms with Crippen LogP contribution in [0.5, 0.6) is 0 Å². The number of hydrogen-bond acceptors (Lipinski definition) is 7. The third-order valence-electron chi connectivity index (χ3n) is 8.11. The number of carboxylic acid groups (broad SMARTS) is 1. The lowest BCUT2D eigenvalue weighted by Crippen LogP contribution is -2.42. The molecule has 6 unspecified atom stereocenters. The molecule has 0 aromatic heterocycles. The highest BCUT2D eigenvalue weighted by Crippen LogP contribution is 2.55. The Morgan fingerprint density at radius 2 is 1.80 bits per heavy atom. The first kappa shape index (κ1) is 29.5. The van der Waals surface area contributed by atoms with E-state index in [2.05, 4.69) is 6.58 Å². The van der Waals surface area contributed by atoms with Gasteiger partial charge in [0.25, 0.3) is 0 Å². The van der Waals surface area contributed by atoms with Gasteiger partial charge < -0.3 is 30.3 Å². The Morgan fingerprint density at radius 3 is 2.40 bits per heavy atom. The van der Waals surface area contributed by atoms with Crippen molar-refractivity contribution in [2.24, 2.45) is 17.3 Å². The average Bonchev–Trinajstić information content (AvgIpc) is 3.08. The Balaban J connectivity index is 2.17. The van der Waals surface area contributed by atoms with E-state index in [4.69, 9.17) is 9.84 Å². The molecular formula is C27H44O8. The van der Waals surface area contributed by atoms with Crippen molar-refractivity contribution in [3.63, 3.8) is 0 Å². The van der Waals surface area contributed by atoms with Gasteiger partial charge in [0.15, 0.2) is 0 Å². The number of fused-ring (bicyclic) bond motifs is 1. The molecular weight excluding hydrogens is 452 g/mol. The summed E-state index contributed by atoms with van der Waals surface area (Å²) in [6, 6.07) is 0. The Kier molecular flexibility index (Phi) is 9.73. The number of hydrogen-bond donors (Lipinski definition) is 5. The quantitative estimate of drug-likeness (QED) is 0.255. The first-order valence-corrected chi connectivity index (χ1v) is 12.6. The molecule has 0 amide bonds. The van der Waals surface area contributed by atoms with Gasteiger partial charge in [-0.25, -0.2) is 0 Å². The second-order valence-corrected chi connectivity index (χ2v) is 11.7. The maximum Gasteiger partial charge on any atom is 0.306 e. The third kappa shape index (κ3) is 8.13. The van der Waals surface area contributed by atoms with Crippen LogP contribution in [-0.2, 0) is 14.3 Å². The SMILES string of the molecule is C=C1CCC2C(C(C)(C)O)CCC2(C)C(O)C=C(COC(=O)CCC(C)(O)CC(=O)O)CCC1O. The molecule has 0 aromatic rings. The van der Waals surface area contributed by atoms with E-state index in [0.717, 1.165) is 18.4 Å². The first-order chi connectivity index (χ1) is 16.0. The number of carbonyl (C=O) groups excluding carboxylic acids is 1. The van der Waals surface area contributed by atoms with Crippen LogP contribution in [0, 0.1) is 17.3 Å². The molecule has 200 valence electrons. The summed E-state index contributed by atoms with van der Waals surface area (Å²) in [6.07, 6.45) is 3.20. The predicted octanol–water partition coefficient (Wildman–Crippen LogP) is 3.12. The van der Waals surface area contributed by atoms with Crippen LogP contribution in [0.2, 0.25) is 0 Å². The number of ether oxygens (including phenoxy) is 1. The molecule has 8 nitrogen and oxygen atoms in total. The summed E-state index contributed by atoms with van der Waals surface area (Å²) >= 11 is 0. The Labute approximate surface area is 208 Å². The summed E-state index contributed by atoms with van der Waals surface area (Å²) in [6.45, 7) is 11.0. The van der Waals surface area contributed by atoms with E-state index in [-0.39, 0.29) is 31.3 Å². The van der Waals surface area contributed by atoms with Gasteiger partial charge in [-0.3, -0.25) is 9.59 Å². The summed E-state index contributed by atoms with van der Waals surface area (Å²) < 4.78 is 5.39. The number of aliphatic hydroxyl groups excluding tert-OH is 2. The van der Waals surface area contributed by atoms with Crippen LogP contribution in [0.1, 0.15) is 85.5 Å². The fourth-order valence-electron chi connectivity index (χ4n) is 5.74. The fraction of sp³-hybridized carbons (Fsp3) is 0.778. The standard InChI is InChI=1S/C27H44O8/c1-17-6-8-20-19(25(2,3)33)10-13-27(20,5)22(29)14-18(7-9-21(17)28)16-35-24(32)11-12-26(4,34)15-23(30)31/h14,19-22,28-29,33-34H,1,6-13,15-16H2,2-5H3,(H,30,31). The molecule has 35 heavy (non-hydrogen) atoms. The minimum Gasteiger partial charge on any atom is -0.481 e. The molecule has 0 aliphatic heterocycles. The number of aliphatic carboxylic acids is 1. The normalized spacial score (nSPS) is 32.1. The van der Waals surface area contributed by atoms with Crippen molar-refractivity contribution >= 4 is 11.9 Å². The zero-order valence-electron chi connectivity index (χ0n) is 21.6. The fourth-order valence-corrected chi connectivity index (χ4v) is 5.74. The summed E-state index contributed by atoms with van der Waals surface area (Å²) in [5, 5.41) is 51.7. The van der Waals surface area contributed by atoms with E-state index in [1.807, 2.05) is 6.92 Å². The van der Waals surface area contributed by atoms with Crippen molar-refractivity contribution in [2.75, 3.05) is 6.61 Å². The number of esters is 1. The average molecular weight is 497 g/mol. The second-order valence-electron chi connectivity index (χ2n) is 11.7. The monoisotopic (exact) mass is 496 g/mol. The van der Waals surface area contributed by atoms with Crippen LogP contribution in [0.15, 0.2) is 23.8 Å². The van der Waals surface area contributed by atoms with E-state index in [9.17, 15) is 30.0 Å². The molecule has 0 saturated heterocycles. The van der Waals surface area contributed by atoms with Crippen LogP contribution in [0.4, 0.5) is 0 Å². The highest BCUT2D eigenvalue weighted by molar-refractivity contribution is 5.70. The Bertz CT molecular complexity index is 808. The molecule has 2 aliphatic carbocycles. The smallest absolute Gasteiger partial charge is 0.306 e. The van der Waals surface area contributed by atoms with E-state index < -0.39 is 47.2 Å². The molecule has 1 fully saturated rings. The summed E-state index contributed by atoms with van der Waals surface area (Å²) in [7, 11) is 0. The zero-order valence-corrected chi connectivity index (χ0v) is 21.6. The van der Waals surface area contributed by atoms with Crippen LogP contribution < -0.4 is 0 Å². The summed E-state index contributed by atoms with van der Waals surface area (Å²) in [5.41, 5.74) is -1.48. The maximum absolute atomic E-state index is 12.3. The van der Waals surface area contributed by atoms with E-state index in [1.54, 1.807) is 19.9 Å². The lowest BCUT2D eigenvalue weighted by Gasteiger charge is -2.41. The van der Waals surface area contributed by atoms with Gasteiger partial charge in [-0.15, -0.1) is 0 Å². The van der Waals surface area contributed by atoms with Crippen molar-refractivity contribution in [1.82, 2.24) is 0 Å². The molecule has 2 rings (SSSR count). The van der Waals surface area contributed by atoms with Crippen molar-refractivity contribution in [2.45, 2.75) is 109 Å². The van der Waals surface area contributed by atoms with E-state index in [1.165, 1.54) is 6.92 Å². The molecule has 8 heteroatoms. The van der Waals surface area contributed by atoms with Crippen LogP contribution in [-0.4, -0.2) is 67.5 Å². The molecule has 6 atom stereocenters. The number of carboxylic acids is 1. The van der Waals surface area contributed by atoms with E-state index >= 15 is 0 Å². The minimum absolute atomic E-state index is 0.00104. The minimum atomic E-state index is -1.51. The molecule has 0 aromatic carbocycles. The zero-order chi connectivity index (χ0) is 26.6. The molecule has 2 aliphatic rings. The van der Waals surface area contributed by atoms with Gasteiger partial charge in [-0.1, -0.05) is 19.6 Å². The highest BCUT2D eigenvalue weighted by Gasteiger charge is 2.52. The van der Waals surface area contributed by atoms with Gasteiger partial charge >= 0.3 is 11.9 Å². The molecule has 1 saturated carbocycles. The summed E-state index contributed by atoms with van der Waals surface area (Å²) in [5.74, 6) is -1.69. The maximum atomic E-state index is 12.3. The lowest BCUT2D eigenvalue weighted by molar-refractivity contribution is -0.147. The number of carbonyl (C=O) groups is 2. The van der Waals surface area contributed by atoms with Gasteiger partial charge in [0.1, 0.15) is 6.61 Å². The predicted molar refractivity (Wildman–Crippen MR) is 131 cm³/mol. The van der Waals surface area contributed by atoms with Crippen LogP contribution in [0.3, 0.4) is 0 Å². The van der Waals surface area contributed by atoms with Gasteiger partial charge in [0, 0.05) is 11.8 Å². The molecule has 0 spiro atoms. The number of rotatable bonds is 8. The third-order valence-corrected chi connectivity index (χ3v) is 8.11. The molecule has 0 radical (unpaired) electrons. The van der Waals surface area contributed by atoms with Crippen molar-refractivity contribution in [3.05, 3.63) is 23.8 Å². The lowest BCUT2D eigenvalue weighted by atomic mass is 9.67. The van der Waals surface area contributed by atoms with Crippen molar-refractivity contribution < 1.29 is 39.9 Å². The van der Waals surface area contributed by atoms with Gasteiger partial charge in [-0.05, 0) is 88.7 Å². The van der Waals surface area contributed by atoms with Crippen LogP contribution in [0.25, 0.3) is 0 Å². The molecule has 5 N–H and O–H groups in total. The topological polar surface area (TPSA) is 145 Å². The largest absolute Gasteiger partial charge is 0.481 e. The Hall–Kier alpha value is -1.74. The van der Waals surface area contributed by atoms with Crippen molar-refractivity contribution in [1.29, 1.82) is 0 Å². The van der Waals surface area contributed by atoms with Gasteiger partial charge in [0.2, 0.25) is 0 Å². The Morgan fingerprint density at radius 1 is 1.14 bits per heavy atom. The number of aliphatic hydroxyl groups is 4. The van der Waals surface area contributed by atoms with Crippen LogP contribution >= 0.6 is 0 Å². The van der Waals surface area contributed by atoms with Gasteiger partial charge in [-0.2, -0.15) is 0 Å². The first-order valence-electron chi connectivity index (χ1n) is 12.6. The summed E-state index contributed by atoms with van der Waals surface area (Å²) in [4.78, 5) is 23.1. The van der Waals surface area contributed by atoms with Crippen molar-refractivity contribution in [3.8, 4) is 0 Å². The molecule has 0 heterocycles. The second kappa shape index (κ2) is 11.5. The highest BCUT2D eigenvalue weighted by atomic mass is 16.5. The van der Waals surface area contributed by atoms with Gasteiger partial charge in [0.05, 0.1) is 29.8 Å².